The number of alkyl halides is 3. The first-order valence-electron chi connectivity index (χ1n) is 6.10. The molecule has 2 rings (SSSR count). The number of hydrogen-bond donors (Lipinski definition) is 2. The number of benzene rings is 1. The molecule has 0 amide bonds. The summed E-state index contributed by atoms with van der Waals surface area (Å²) in [4.78, 5) is 3.94. The van der Waals surface area contributed by atoms with E-state index in [1.165, 1.54) is 19.2 Å². The lowest BCUT2D eigenvalue weighted by atomic mass is 10.2. The molecule has 1 aromatic heterocycles. The number of nitrogens with zero attached hydrogens (tertiary/aromatic N) is 1. The number of aryl methyl sites for hydroxylation is 1. The normalized spacial score (nSPS) is 11.3. The highest BCUT2D eigenvalue weighted by atomic mass is 19.4. The lowest BCUT2D eigenvalue weighted by molar-refractivity contribution is -0.137. The molecule has 3 nitrogen and oxygen atoms in total. The van der Waals surface area contributed by atoms with Crippen molar-refractivity contribution in [1.82, 2.24) is 4.98 Å². The molecule has 0 atom stereocenters. The van der Waals surface area contributed by atoms with Crippen molar-refractivity contribution in [3.63, 3.8) is 0 Å². The molecule has 112 valence electrons. The molecule has 0 saturated heterocycles. The van der Waals surface area contributed by atoms with E-state index < -0.39 is 17.6 Å². The Hall–Kier alpha value is -2.31. The molecule has 0 saturated carbocycles. The minimum absolute atomic E-state index is 0.0420. The van der Waals surface area contributed by atoms with Crippen molar-refractivity contribution in [3.05, 3.63) is 47.3 Å². The van der Waals surface area contributed by atoms with E-state index in [0.29, 0.717) is 0 Å². The fourth-order valence-corrected chi connectivity index (χ4v) is 1.76. The molecule has 0 bridgehead atoms. The molecule has 7 heteroatoms. The van der Waals surface area contributed by atoms with Gasteiger partial charge in [-0.05, 0) is 36.8 Å². The first-order valence-corrected chi connectivity index (χ1v) is 6.10. The largest absolute Gasteiger partial charge is 0.416 e. The lowest BCUT2D eigenvalue weighted by Crippen LogP contribution is -2.08. The van der Waals surface area contributed by atoms with Crippen molar-refractivity contribution in [1.29, 1.82) is 0 Å². The summed E-state index contributed by atoms with van der Waals surface area (Å²) in [5.41, 5.74) is -0.0130. The van der Waals surface area contributed by atoms with Crippen LogP contribution in [0.1, 0.15) is 11.1 Å². The van der Waals surface area contributed by atoms with Gasteiger partial charge in [-0.3, -0.25) is 0 Å². The van der Waals surface area contributed by atoms with Gasteiger partial charge in [0.25, 0.3) is 0 Å². The van der Waals surface area contributed by atoms with Crippen LogP contribution < -0.4 is 10.6 Å². The molecule has 0 aliphatic heterocycles. The van der Waals surface area contributed by atoms with E-state index in [-0.39, 0.29) is 17.3 Å². The minimum atomic E-state index is -4.50. The van der Waals surface area contributed by atoms with E-state index >= 15 is 0 Å². The van der Waals surface area contributed by atoms with Crippen molar-refractivity contribution in [3.8, 4) is 0 Å². The van der Waals surface area contributed by atoms with Crippen LogP contribution in [0.5, 0.6) is 0 Å². The zero-order chi connectivity index (χ0) is 15.6. The van der Waals surface area contributed by atoms with Gasteiger partial charge in [-0.2, -0.15) is 13.2 Å². The van der Waals surface area contributed by atoms with Crippen LogP contribution in [-0.4, -0.2) is 12.0 Å². The third kappa shape index (κ3) is 3.62. The molecule has 1 heterocycles. The van der Waals surface area contributed by atoms with Gasteiger partial charge in [0, 0.05) is 7.05 Å². The van der Waals surface area contributed by atoms with Crippen LogP contribution in [0.3, 0.4) is 0 Å². The van der Waals surface area contributed by atoms with Gasteiger partial charge in [0.15, 0.2) is 0 Å². The number of aromatic nitrogens is 1. The number of anilines is 3. The second kappa shape index (κ2) is 5.59. The van der Waals surface area contributed by atoms with Gasteiger partial charge in [-0.25, -0.2) is 9.37 Å². The van der Waals surface area contributed by atoms with E-state index in [0.717, 1.165) is 17.7 Å². The fraction of sp³-hybridized carbons (Fsp3) is 0.214. The average Bonchev–Trinajstić information content (AvgIpc) is 2.41. The lowest BCUT2D eigenvalue weighted by Gasteiger charge is -2.13. The van der Waals surface area contributed by atoms with Gasteiger partial charge in [0.1, 0.15) is 17.5 Å². The van der Waals surface area contributed by atoms with Crippen LogP contribution >= 0.6 is 0 Å². The number of halogens is 4. The first-order chi connectivity index (χ1) is 9.79. The second-order valence-electron chi connectivity index (χ2n) is 4.48. The standard InChI is InChI=1S/C14H13F4N3/c1-8-3-4-10(15)11(5-8)20-13-7-9(14(16,17)18)6-12(19-2)21-13/h3-7H,1-2H3,(H2,19,20,21). The zero-order valence-electron chi connectivity index (χ0n) is 11.3. The maximum atomic E-state index is 13.6. The van der Waals surface area contributed by atoms with Gasteiger partial charge in [0.05, 0.1) is 11.3 Å². The minimum Gasteiger partial charge on any atom is -0.373 e. The van der Waals surface area contributed by atoms with Gasteiger partial charge in [-0.15, -0.1) is 0 Å². The summed E-state index contributed by atoms with van der Waals surface area (Å²) in [6.45, 7) is 1.75. The highest BCUT2D eigenvalue weighted by Gasteiger charge is 2.31. The van der Waals surface area contributed by atoms with Gasteiger partial charge in [0.2, 0.25) is 0 Å². The third-order valence-electron chi connectivity index (χ3n) is 2.79. The fourth-order valence-electron chi connectivity index (χ4n) is 1.76. The molecular weight excluding hydrogens is 286 g/mol. The molecule has 2 N–H and O–H groups in total. The van der Waals surface area contributed by atoms with Crippen molar-refractivity contribution >= 4 is 17.3 Å². The quantitative estimate of drug-likeness (QED) is 0.828. The number of pyridine rings is 1. The van der Waals surface area contributed by atoms with Gasteiger partial charge in [-0.1, -0.05) is 6.07 Å². The summed E-state index contributed by atoms with van der Waals surface area (Å²) in [6.07, 6.45) is -4.50. The Morgan fingerprint density at radius 3 is 2.33 bits per heavy atom. The molecule has 0 radical (unpaired) electrons. The van der Waals surface area contributed by atoms with E-state index in [4.69, 9.17) is 0 Å². The Labute approximate surface area is 119 Å². The van der Waals surface area contributed by atoms with E-state index in [2.05, 4.69) is 15.6 Å². The highest BCUT2D eigenvalue weighted by molar-refractivity contribution is 5.61. The molecule has 2 aromatic rings. The summed E-state index contributed by atoms with van der Waals surface area (Å²) >= 11 is 0. The Balaban J connectivity index is 2.42. The summed E-state index contributed by atoms with van der Waals surface area (Å²) in [6, 6.07) is 6.03. The van der Waals surface area contributed by atoms with Crippen LogP contribution in [0.15, 0.2) is 30.3 Å². The molecule has 21 heavy (non-hydrogen) atoms. The summed E-state index contributed by atoms with van der Waals surface area (Å²) in [5, 5.41) is 5.12. The summed E-state index contributed by atoms with van der Waals surface area (Å²) < 4.78 is 52.1. The molecule has 0 aliphatic carbocycles. The summed E-state index contributed by atoms with van der Waals surface area (Å²) in [5.74, 6) is -0.607. The SMILES string of the molecule is CNc1cc(C(F)(F)F)cc(Nc2cc(C)ccc2F)n1. The maximum absolute atomic E-state index is 13.6. The van der Waals surface area contributed by atoms with Crippen LogP contribution in [0, 0.1) is 12.7 Å². The van der Waals surface area contributed by atoms with Crippen molar-refractivity contribution in [2.45, 2.75) is 13.1 Å². The second-order valence-corrected chi connectivity index (χ2v) is 4.48. The topological polar surface area (TPSA) is 37.0 Å². The molecule has 0 unspecified atom stereocenters. The average molecular weight is 299 g/mol. The van der Waals surface area contributed by atoms with E-state index in [1.807, 2.05) is 0 Å². The number of nitrogens with one attached hydrogen (secondary N) is 2. The number of rotatable bonds is 3. The van der Waals surface area contributed by atoms with E-state index in [9.17, 15) is 17.6 Å². The Morgan fingerprint density at radius 1 is 1.05 bits per heavy atom. The van der Waals surface area contributed by atoms with Crippen molar-refractivity contribution in [2.75, 3.05) is 17.7 Å². The van der Waals surface area contributed by atoms with Crippen LogP contribution in [0.2, 0.25) is 0 Å². The molecular formula is C14H13F4N3. The summed E-state index contributed by atoms with van der Waals surface area (Å²) in [7, 11) is 1.46. The smallest absolute Gasteiger partial charge is 0.373 e. The van der Waals surface area contributed by atoms with Crippen molar-refractivity contribution < 1.29 is 17.6 Å². The van der Waals surface area contributed by atoms with E-state index in [1.54, 1.807) is 13.0 Å². The Kier molecular flexibility index (Phi) is 4.02. The molecule has 0 fully saturated rings. The number of hydrogen-bond acceptors (Lipinski definition) is 3. The predicted molar refractivity (Wildman–Crippen MR) is 73.2 cm³/mol. The first kappa shape index (κ1) is 15.1. The Morgan fingerprint density at radius 2 is 1.71 bits per heavy atom. The predicted octanol–water partition coefficient (Wildman–Crippen LogP) is 4.33. The Bertz CT molecular complexity index is 653. The van der Waals surface area contributed by atoms with Gasteiger partial charge >= 0.3 is 6.18 Å². The third-order valence-corrected chi connectivity index (χ3v) is 2.79. The van der Waals surface area contributed by atoms with Gasteiger partial charge < -0.3 is 10.6 Å². The zero-order valence-corrected chi connectivity index (χ0v) is 11.3. The van der Waals surface area contributed by atoms with Crippen LogP contribution in [0.4, 0.5) is 34.9 Å². The monoisotopic (exact) mass is 299 g/mol. The van der Waals surface area contributed by atoms with Crippen molar-refractivity contribution in [2.24, 2.45) is 0 Å². The maximum Gasteiger partial charge on any atom is 0.416 e. The molecule has 0 spiro atoms. The van der Waals surface area contributed by atoms with Crippen LogP contribution in [0.25, 0.3) is 0 Å². The van der Waals surface area contributed by atoms with Crippen LogP contribution in [-0.2, 0) is 6.18 Å². The molecule has 1 aromatic carbocycles. The molecule has 0 aliphatic rings. The highest BCUT2D eigenvalue weighted by Crippen LogP contribution is 2.33.